The van der Waals surface area contributed by atoms with Crippen LogP contribution in [0.2, 0.25) is 0 Å². The number of nitrogens with two attached hydrogens (primary N) is 2. The van der Waals surface area contributed by atoms with E-state index in [1.807, 2.05) is 13.8 Å². The summed E-state index contributed by atoms with van der Waals surface area (Å²) in [7, 11) is -3.46. The summed E-state index contributed by atoms with van der Waals surface area (Å²) in [5, 5.41) is 12.1. The van der Waals surface area contributed by atoms with E-state index in [1.54, 1.807) is 4.68 Å². The molecule has 0 fully saturated rings. The van der Waals surface area contributed by atoms with Gasteiger partial charge in [-0.1, -0.05) is 6.92 Å². The first-order valence-electron chi connectivity index (χ1n) is 5.42. The zero-order valence-electron chi connectivity index (χ0n) is 10.1. The van der Waals surface area contributed by atoms with Crippen LogP contribution in [-0.2, 0) is 16.6 Å². The van der Waals surface area contributed by atoms with Crippen LogP contribution < -0.4 is 16.2 Å². The highest BCUT2D eigenvalue weighted by Gasteiger charge is 2.12. The molecule has 0 spiro atoms. The molecule has 1 rings (SSSR count). The van der Waals surface area contributed by atoms with Crippen LogP contribution in [-0.4, -0.2) is 30.5 Å². The van der Waals surface area contributed by atoms with Gasteiger partial charge in [-0.25, -0.2) is 18.2 Å². The second kappa shape index (κ2) is 5.37. The molecule has 0 aromatic carbocycles. The second-order valence-electron chi connectivity index (χ2n) is 3.86. The monoisotopic (exact) mass is 261 g/mol. The minimum absolute atomic E-state index is 0.136. The van der Waals surface area contributed by atoms with E-state index in [0.29, 0.717) is 11.5 Å². The molecular weight excluding hydrogens is 242 g/mol. The molecule has 0 unspecified atom stereocenters. The molecule has 7 nitrogen and oxygen atoms in total. The summed E-state index contributed by atoms with van der Waals surface area (Å²) in [5.41, 5.74) is 7.14. The lowest BCUT2D eigenvalue weighted by atomic mass is 10.4. The molecule has 8 heteroatoms. The number of anilines is 2. The maximum Gasteiger partial charge on any atom is 0.210 e. The highest BCUT2D eigenvalue weighted by Crippen LogP contribution is 2.22. The maximum absolute atomic E-state index is 10.8. The summed E-state index contributed by atoms with van der Waals surface area (Å²) in [5.74, 6) is 0.524. The van der Waals surface area contributed by atoms with Crippen LogP contribution in [0.15, 0.2) is 0 Å². The van der Waals surface area contributed by atoms with Crippen LogP contribution in [0.3, 0.4) is 0 Å². The number of aromatic nitrogens is 2. The number of nitrogens with zero attached hydrogens (tertiary/aromatic N) is 2. The molecule has 0 bridgehead atoms. The summed E-state index contributed by atoms with van der Waals surface area (Å²) in [6.45, 7) is 4.79. The summed E-state index contributed by atoms with van der Waals surface area (Å²) in [4.78, 5) is 0. The molecule has 0 atom stereocenters. The van der Waals surface area contributed by atoms with E-state index in [-0.39, 0.29) is 12.3 Å². The first-order chi connectivity index (χ1) is 7.85. The number of nitrogen functional groups attached to an aromatic ring is 1. The van der Waals surface area contributed by atoms with Crippen molar-refractivity contribution in [3.63, 3.8) is 0 Å². The van der Waals surface area contributed by atoms with Gasteiger partial charge in [-0.2, -0.15) is 5.10 Å². The zero-order chi connectivity index (χ0) is 13.1. The topological polar surface area (TPSA) is 116 Å². The van der Waals surface area contributed by atoms with Gasteiger partial charge in [-0.05, 0) is 13.3 Å². The largest absolute Gasteiger partial charge is 0.394 e. The molecule has 0 amide bonds. The maximum atomic E-state index is 10.8. The van der Waals surface area contributed by atoms with Crippen molar-refractivity contribution >= 4 is 21.5 Å². The first kappa shape index (κ1) is 13.8. The molecular formula is C9H19N5O2S. The van der Waals surface area contributed by atoms with Crippen molar-refractivity contribution in [1.82, 2.24) is 9.78 Å². The Labute approximate surface area is 101 Å². The highest BCUT2D eigenvalue weighted by atomic mass is 32.2. The van der Waals surface area contributed by atoms with Crippen LogP contribution in [0, 0.1) is 6.92 Å². The Morgan fingerprint density at radius 1 is 1.47 bits per heavy atom. The number of sulfonamides is 1. The number of rotatable bonds is 6. The minimum atomic E-state index is -3.46. The van der Waals surface area contributed by atoms with E-state index in [4.69, 9.17) is 10.9 Å². The van der Waals surface area contributed by atoms with Gasteiger partial charge in [0.05, 0.1) is 17.1 Å². The van der Waals surface area contributed by atoms with Crippen molar-refractivity contribution in [2.24, 2.45) is 5.14 Å². The van der Waals surface area contributed by atoms with Crippen LogP contribution >= 0.6 is 0 Å². The van der Waals surface area contributed by atoms with Crippen molar-refractivity contribution < 1.29 is 8.42 Å². The van der Waals surface area contributed by atoms with Gasteiger partial charge in [-0.3, -0.25) is 0 Å². The molecule has 0 saturated heterocycles. The fourth-order valence-electron chi connectivity index (χ4n) is 1.47. The third kappa shape index (κ3) is 3.90. The SMILES string of the molecule is CCCn1nc(C)c(N)c1NCCS(N)(=O)=O. The van der Waals surface area contributed by atoms with Gasteiger partial charge in [0, 0.05) is 13.1 Å². The number of hydrogen-bond acceptors (Lipinski definition) is 5. The molecule has 1 aromatic rings. The summed E-state index contributed by atoms with van der Waals surface area (Å²) < 4.78 is 23.4. The normalized spacial score (nSPS) is 11.7. The second-order valence-corrected chi connectivity index (χ2v) is 5.60. The van der Waals surface area contributed by atoms with Gasteiger partial charge >= 0.3 is 0 Å². The molecule has 1 heterocycles. The minimum Gasteiger partial charge on any atom is -0.394 e. The lowest BCUT2D eigenvalue weighted by Crippen LogP contribution is -2.23. The van der Waals surface area contributed by atoms with E-state index in [1.165, 1.54) is 0 Å². The van der Waals surface area contributed by atoms with Crippen molar-refractivity contribution in [3.8, 4) is 0 Å². The molecule has 1 aromatic heterocycles. The summed E-state index contributed by atoms with van der Waals surface area (Å²) >= 11 is 0. The smallest absolute Gasteiger partial charge is 0.210 e. The van der Waals surface area contributed by atoms with Crippen LogP contribution in [0.1, 0.15) is 19.0 Å². The average molecular weight is 261 g/mol. The molecule has 0 aliphatic heterocycles. The van der Waals surface area contributed by atoms with Crippen molar-refractivity contribution in [2.45, 2.75) is 26.8 Å². The van der Waals surface area contributed by atoms with E-state index in [0.717, 1.165) is 18.7 Å². The highest BCUT2D eigenvalue weighted by molar-refractivity contribution is 7.89. The number of aryl methyl sites for hydroxylation is 2. The molecule has 5 N–H and O–H groups in total. The first-order valence-corrected chi connectivity index (χ1v) is 7.14. The van der Waals surface area contributed by atoms with Gasteiger partial charge in [0.1, 0.15) is 5.82 Å². The third-order valence-electron chi connectivity index (χ3n) is 2.29. The van der Waals surface area contributed by atoms with Gasteiger partial charge in [0.25, 0.3) is 0 Å². The Morgan fingerprint density at radius 3 is 2.65 bits per heavy atom. The molecule has 17 heavy (non-hydrogen) atoms. The molecule has 0 saturated carbocycles. The van der Waals surface area contributed by atoms with E-state index >= 15 is 0 Å². The van der Waals surface area contributed by atoms with Gasteiger partial charge < -0.3 is 11.1 Å². The van der Waals surface area contributed by atoms with Gasteiger partial charge in [0.2, 0.25) is 10.0 Å². The fourth-order valence-corrected chi connectivity index (χ4v) is 1.85. The average Bonchev–Trinajstić information content (AvgIpc) is 2.44. The molecule has 98 valence electrons. The Hall–Kier alpha value is -1.28. The Kier molecular flexibility index (Phi) is 4.35. The number of hydrogen-bond donors (Lipinski definition) is 3. The van der Waals surface area contributed by atoms with E-state index < -0.39 is 10.0 Å². The molecule has 0 aliphatic carbocycles. The lowest BCUT2D eigenvalue weighted by Gasteiger charge is -2.09. The number of primary sulfonamides is 1. The van der Waals surface area contributed by atoms with Crippen molar-refractivity contribution in [3.05, 3.63) is 5.69 Å². The zero-order valence-corrected chi connectivity index (χ0v) is 10.9. The van der Waals surface area contributed by atoms with Gasteiger partial charge in [-0.15, -0.1) is 0 Å². The van der Waals surface area contributed by atoms with E-state index in [9.17, 15) is 8.42 Å². The van der Waals surface area contributed by atoms with Crippen molar-refractivity contribution in [1.29, 1.82) is 0 Å². The molecule has 0 radical (unpaired) electrons. The predicted octanol–water partition coefficient (Wildman–Crippen LogP) is -0.116. The Morgan fingerprint density at radius 2 is 2.12 bits per heavy atom. The lowest BCUT2D eigenvalue weighted by molar-refractivity contribution is 0.595. The quantitative estimate of drug-likeness (QED) is 0.660. The van der Waals surface area contributed by atoms with Crippen LogP contribution in [0.5, 0.6) is 0 Å². The number of nitrogens with one attached hydrogen (secondary N) is 1. The standard InChI is InChI=1S/C9H19N5O2S/c1-3-5-14-9(8(10)7(2)13-14)12-4-6-17(11,15)16/h12H,3-6,10H2,1-2H3,(H2,11,15,16). The Bertz CT molecular complexity index is 480. The van der Waals surface area contributed by atoms with Crippen molar-refractivity contribution in [2.75, 3.05) is 23.3 Å². The summed E-state index contributed by atoms with van der Waals surface area (Å²) in [6.07, 6.45) is 0.921. The predicted molar refractivity (Wildman–Crippen MR) is 68.1 cm³/mol. The van der Waals surface area contributed by atoms with Gasteiger partial charge in [0.15, 0.2) is 0 Å². The van der Waals surface area contributed by atoms with Crippen LogP contribution in [0.4, 0.5) is 11.5 Å². The third-order valence-corrected chi connectivity index (χ3v) is 3.06. The fraction of sp³-hybridized carbons (Fsp3) is 0.667. The molecule has 0 aliphatic rings. The summed E-state index contributed by atoms with van der Waals surface area (Å²) in [6, 6.07) is 0. The van der Waals surface area contributed by atoms with E-state index in [2.05, 4.69) is 10.4 Å². The Balaban J connectivity index is 2.75. The van der Waals surface area contributed by atoms with Crippen LogP contribution in [0.25, 0.3) is 0 Å².